The highest BCUT2D eigenvalue weighted by atomic mass is 15.1. The van der Waals surface area contributed by atoms with Crippen molar-refractivity contribution in [1.29, 1.82) is 0 Å². The fourth-order valence-electron chi connectivity index (χ4n) is 2.07. The number of aryl methyl sites for hydroxylation is 1. The number of aromatic nitrogens is 1. The van der Waals surface area contributed by atoms with Gasteiger partial charge >= 0.3 is 0 Å². The Labute approximate surface area is 109 Å². The van der Waals surface area contributed by atoms with Crippen LogP contribution in [0.4, 0.5) is 0 Å². The van der Waals surface area contributed by atoms with Gasteiger partial charge in [-0.2, -0.15) is 0 Å². The van der Waals surface area contributed by atoms with Crippen LogP contribution < -0.4 is 0 Å². The minimum absolute atomic E-state index is 1.02. The highest BCUT2D eigenvalue weighted by Crippen LogP contribution is 2.05. The lowest BCUT2D eigenvalue weighted by molar-refractivity contribution is 0.322. The minimum Gasteiger partial charge on any atom is -0.302 e. The standard InChI is InChI=1S/C16H20N2/c1-18(14-16-7-3-2-4-8-16)12-6-10-15-9-5-11-17-13-15/h2-5,7-9,11,13H,6,10,12,14H2,1H3. The maximum atomic E-state index is 4.14. The van der Waals surface area contributed by atoms with Crippen molar-refractivity contribution in [2.24, 2.45) is 0 Å². The van der Waals surface area contributed by atoms with Gasteiger partial charge in [-0.05, 0) is 43.6 Å². The first-order valence-electron chi connectivity index (χ1n) is 6.46. The SMILES string of the molecule is CN(CCCc1cccnc1)Cc1ccccc1. The quantitative estimate of drug-likeness (QED) is 0.771. The van der Waals surface area contributed by atoms with Crippen molar-refractivity contribution >= 4 is 0 Å². The van der Waals surface area contributed by atoms with E-state index in [1.165, 1.54) is 17.5 Å². The molecular formula is C16H20N2. The Morgan fingerprint density at radius 2 is 1.78 bits per heavy atom. The molecule has 0 N–H and O–H groups in total. The molecule has 2 heteroatoms. The van der Waals surface area contributed by atoms with E-state index in [9.17, 15) is 0 Å². The van der Waals surface area contributed by atoms with Crippen LogP contribution in [-0.4, -0.2) is 23.5 Å². The first-order valence-corrected chi connectivity index (χ1v) is 6.46. The number of rotatable bonds is 6. The summed E-state index contributed by atoms with van der Waals surface area (Å²) in [7, 11) is 2.18. The van der Waals surface area contributed by atoms with Gasteiger partial charge in [-0.15, -0.1) is 0 Å². The van der Waals surface area contributed by atoms with Gasteiger partial charge in [0.1, 0.15) is 0 Å². The third-order valence-corrected chi connectivity index (χ3v) is 3.02. The average Bonchev–Trinajstić information content (AvgIpc) is 2.41. The van der Waals surface area contributed by atoms with Gasteiger partial charge in [-0.3, -0.25) is 4.98 Å². The van der Waals surface area contributed by atoms with Gasteiger partial charge in [0.2, 0.25) is 0 Å². The number of pyridine rings is 1. The predicted molar refractivity (Wildman–Crippen MR) is 75.3 cm³/mol. The summed E-state index contributed by atoms with van der Waals surface area (Å²) >= 11 is 0. The van der Waals surface area contributed by atoms with E-state index >= 15 is 0 Å². The summed E-state index contributed by atoms with van der Waals surface area (Å²) in [6, 6.07) is 14.8. The molecule has 0 bridgehead atoms. The van der Waals surface area contributed by atoms with Crippen molar-refractivity contribution in [1.82, 2.24) is 9.88 Å². The van der Waals surface area contributed by atoms with Gasteiger partial charge in [0.25, 0.3) is 0 Å². The van der Waals surface area contributed by atoms with Gasteiger partial charge in [0.05, 0.1) is 0 Å². The number of benzene rings is 1. The minimum atomic E-state index is 1.02. The zero-order chi connectivity index (χ0) is 12.6. The molecule has 1 aromatic heterocycles. The Kier molecular flexibility index (Phi) is 4.91. The molecule has 0 unspecified atom stereocenters. The maximum absolute atomic E-state index is 4.14. The van der Waals surface area contributed by atoms with Crippen LogP contribution in [0.5, 0.6) is 0 Å². The summed E-state index contributed by atoms with van der Waals surface area (Å²) in [5, 5.41) is 0. The van der Waals surface area contributed by atoms with Crippen LogP contribution in [0, 0.1) is 0 Å². The second-order valence-corrected chi connectivity index (χ2v) is 4.69. The smallest absolute Gasteiger partial charge is 0.0299 e. The molecule has 1 heterocycles. The van der Waals surface area contributed by atoms with E-state index in [2.05, 4.69) is 53.3 Å². The van der Waals surface area contributed by atoms with Crippen LogP contribution >= 0.6 is 0 Å². The zero-order valence-corrected chi connectivity index (χ0v) is 10.9. The third-order valence-electron chi connectivity index (χ3n) is 3.02. The fraction of sp³-hybridized carbons (Fsp3) is 0.312. The van der Waals surface area contributed by atoms with Gasteiger partial charge in [-0.1, -0.05) is 36.4 Å². The molecule has 0 atom stereocenters. The fourth-order valence-corrected chi connectivity index (χ4v) is 2.07. The highest BCUT2D eigenvalue weighted by Gasteiger charge is 2.00. The Morgan fingerprint density at radius 1 is 1.00 bits per heavy atom. The van der Waals surface area contributed by atoms with Gasteiger partial charge in [0, 0.05) is 18.9 Å². The molecule has 94 valence electrons. The molecule has 0 saturated carbocycles. The first kappa shape index (κ1) is 12.8. The molecule has 0 spiro atoms. The molecule has 2 rings (SSSR count). The van der Waals surface area contributed by atoms with Crippen molar-refractivity contribution in [3.8, 4) is 0 Å². The lowest BCUT2D eigenvalue weighted by Gasteiger charge is -2.16. The van der Waals surface area contributed by atoms with Crippen LogP contribution in [0.15, 0.2) is 54.9 Å². The lowest BCUT2D eigenvalue weighted by Crippen LogP contribution is -2.19. The van der Waals surface area contributed by atoms with Crippen LogP contribution in [0.3, 0.4) is 0 Å². The number of hydrogen-bond donors (Lipinski definition) is 0. The Bertz CT molecular complexity index is 439. The summed E-state index contributed by atoms with van der Waals surface area (Å²) in [6.45, 7) is 2.14. The van der Waals surface area contributed by atoms with Crippen molar-refractivity contribution in [2.45, 2.75) is 19.4 Å². The summed E-state index contributed by atoms with van der Waals surface area (Å²) in [5.74, 6) is 0. The molecule has 0 aliphatic carbocycles. The van der Waals surface area contributed by atoms with E-state index in [0.29, 0.717) is 0 Å². The van der Waals surface area contributed by atoms with E-state index in [-0.39, 0.29) is 0 Å². The number of hydrogen-bond acceptors (Lipinski definition) is 2. The molecule has 1 aromatic carbocycles. The van der Waals surface area contributed by atoms with Crippen LogP contribution in [0.2, 0.25) is 0 Å². The molecule has 18 heavy (non-hydrogen) atoms. The molecule has 0 saturated heterocycles. The van der Waals surface area contributed by atoms with Crippen molar-refractivity contribution in [3.05, 3.63) is 66.0 Å². The van der Waals surface area contributed by atoms with E-state index < -0.39 is 0 Å². The molecule has 0 fully saturated rings. The van der Waals surface area contributed by atoms with Crippen molar-refractivity contribution in [2.75, 3.05) is 13.6 Å². The maximum Gasteiger partial charge on any atom is 0.0299 e. The molecule has 0 aliphatic rings. The molecule has 0 amide bonds. The van der Waals surface area contributed by atoms with Gasteiger partial charge in [0.15, 0.2) is 0 Å². The van der Waals surface area contributed by atoms with E-state index in [0.717, 1.165) is 19.5 Å². The summed E-state index contributed by atoms with van der Waals surface area (Å²) < 4.78 is 0. The monoisotopic (exact) mass is 240 g/mol. The lowest BCUT2D eigenvalue weighted by atomic mass is 10.1. The van der Waals surface area contributed by atoms with E-state index in [1.807, 2.05) is 18.5 Å². The molecular weight excluding hydrogens is 220 g/mol. The summed E-state index contributed by atoms with van der Waals surface area (Å²) in [4.78, 5) is 6.50. The van der Waals surface area contributed by atoms with Crippen LogP contribution in [0.1, 0.15) is 17.5 Å². The summed E-state index contributed by atoms with van der Waals surface area (Å²) in [6.07, 6.45) is 6.06. The second-order valence-electron chi connectivity index (χ2n) is 4.69. The Hall–Kier alpha value is -1.67. The third kappa shape index (κ3) is 4.30. The molecule has 2 nitrogen and oxygen atoms in total. The Balaban J connectivity index is 1.71. The topological polar surface area (TPSA) is 16.1 Å². The zero-order valence-electron chi connectivity index (χ0n) is 10.9. The second kappa shape index (κ2) is 6.92. The summed E-state index contributed by atoms with van der Waals surface area (Å²) in [5.41, 5.74) is 2.70. The van der Waals surface area contributed by atoms with Crippen LogP contribution in [-0.2, 0) is 13.0 Å². The normalized spacial score (nSPS) is 10.8. The highest BCUT2D eigenvalue weighted by molar-refractivity contribution is 5.14. The van der Waals surface area contributed by atoms with Gasteiger partial charge < -0.3 is 4.90 Å². The van der Waals surface area contributed by atoms with Gasteiger partial charge in [-0.25, -0.2) is 0 Å². The molecule has 2 aromatic rings. The average molecular weight is 240 g/mol. The number of nitrogens with zero attached hydrogens (tertiary/aromatic N) is 2. The van der Waals surface area contributed by atoms with Crippen molar-refractivity contribution in [3.63, 3.8) is 0 Å². The van der Waals surface area contributed by atoms with E-state index in [4.69, 9.17) is 0 Å². The first-order chi connectivity index (χ1) is 8.84. The van der Waals surface area contributed by atoms with Crippen molar-refractivity contribution < 1.29 is 0 Å². The molecule has 0 aliphatic heterocycles. The largest absolute Gasteiger partial charge is 0.302 e. The predicted octanol–water partition coefficient (Wildman–Crippen LogP) is 3.15. The molecule has 0 radical (unpaired) electrons. The van der Waals surface area contributed by atoms with E-state index in [1.54, 1.807) is 0 Å². The Morgan fingerprint density at radius 3 is 2.50 bits per heavy atom. The van der Waals surface area contributed by atoms with Crippen LogP contribution in [0.25, 0.3) is 0 Å².